The molecular weight excluding hydrogens is 391 g/mol. The van der Waals surface area contributed by atoms with Gasteiger partial charge in [0.2, 0.25) is 0 Å². The summed E-state index contributed by atoms with van der Waals surface area (Å²) in [6, 6.07) is 0. The first kappa shape index (κ1) is 30.1. The Morgan fingerprint density at radius 2 is 0.900 bits per heavy atom. The minimum atomic E-state index is -2.96. The zero-order valence-electron chi connectivity index (χ0n) is 21.1. The van der Waals surface area contributed by atoms with Crippen molar-refractivity contribution < 1.29 is 13.6 Å². The molecule has 182 valence electrons. The van der Waals surface area contributed by atoms with Crippen molar-refractivity contribution >= 4 is 7.60 Å². The van der Waals surface area contributed by atoms with Crippen LogP contribution in [0.1, 0.15) is 149 Å². The lowest BCUT2D eigenvalue weighted by atomic mass is 10.0. The fourth-order valence-corrected chi connectivity index (χ4v) is 6.30. The van der Waals surface area contributed by atoms with E-state index < -0.39 is 7.60 Å². The van der Waals surface area contributed by atoms with E-state index in [0.717, 1.165) is 25.7 Å². The van der Waals surface area contributed by atoms with Crippen LogP contribution in [-0.2, 0) is 13.6 Å². The molecule has 0 aromatic carbocycles. The van der Waals surface area contributed by atoms with E-state index in [1.807, 2.05) is 6.92 Å². The van der Waals surface area contributed by atoms with Crippen molar-refractivity contribution in [1.29, 1.82) is 0 Å². The van der Waals surface area contributed by atoms with Gasteiger partial charge in [-0.2, -0.15) is 0 Å². The van der Waals surface area contributed by atoms with Gasteiger partial charge in [-0.05, 0) is 19.8 Å². The first-order chi connectivity index (χ1) is 14.6. The highest BCUT2D eigenvalue weighted by molar-refractivity contribution is 7.54. The van der Waals surface area contributed by atoms with Gasteiger partial charge in [-0.25, -0.2) is 0 Å². The van der Waals surface area contributed by atoms with Crippen LogP contribution in [0.25, 0.3) is 0 Å². The fraction of sp³-hybridized carbons (Fsp3) is 1.00. The summed E-state index contributed by atoms with van der Waals surface area (Å²) < 4.78 is 24.3. The predicted molar refractivity (Wildman–Crippen MR) is 134 cm³/mol. The second-order valence-electron chi connectivity index (χ2n) is 9.03. The molecule has 0 amide bonds. The van der Waals surface area contributed by atoms with E-state index in [4.69, 9.17) is 9.05 Å². The quantitative estimate of drug-likeness (QED) is 0.109. The standard InChI is InChI=1S/C26H55O3P/c1-5-8-10-12-14-16-18-20-22-24-26(30(27,28-4)29-7-3)25-23-21-19-17-15-13-11-9-6-2/h26H,5-25H2,1-4H3. The van der Waals surface area contributed by atoms with Gasteiger partial charge in [0.05, 0.1) is 12.3 Å². The van der Waals surface area contributed by atoms with Crippen LogP contribution < -0.4 is 0 Å². The molecule has 1 atom stereocenters. The molecule has 0 radical (unpaired) electrons. The molecule has 0 N–H and O–H groups in total. The second-order valence-corrected chi connectivity index (χ2v) is 11.5. The molecule has 0 aromatic heterocycles. The van der Waals surface area contributed by atoms with Crippen molar-refractivity contribution in [3.8, 4) is 0 Å². The summed E-state index contributed by atoms with van der Waals surface area (Å²) in [6.07, 6.45) is 25.8. The first-order valence-electron chi connectivity index (χ1n) is 13.4. The molecule has 0 aliphatic carbocycles. The molecule has 0 rings (SSSR count). The van der Waals surface area contributed by atoms with Crippen molar-refractivity contribution in [1.82, 2.24) is 0 Å². The lowest BCUT2D eigenvalue weighted by Crippen LogP contribution is -2.13. The van der Waals surface area contributed by atoms with Gasteiger partial charge in [0.25, 0.3) is 0 Å². The van der Waals surface area contributed by atoms with E-state index in [-0.39, 0.29) is 5.66 Å². The van der Waals surface area contributed by atoms with Crippen LogP contribution in [0.3, 0.4) is 0 Å². The Morgan fingerprint density at radius 3 is 1.20 bits per heavy atom. The monoisotopic (exact) mass is 446 g/mol. The SMILES string of the molecule is CCCCCCCCCCCC(CCCCCCCCCCC)P(=O)(OC)OCC. The zero-order chi connectivity index (χ0) is 22.3. The third kappa shape index (κ3) is 16.8. The molecule has 3 nitrogen and oxygen atoms in total. The minimum Gasteiger partial charge on any atom is -0.312 e. The van der Waals surface area contributed by atoms with Gasteiger partial charge in [0.15, 0.2) is 0 Å². The van der Waals surface area contributed by atoms with Crippen LogP contribution in [-0.4, -0.2) is 19.4 Å². The van der Waals surface area contributed by atoms with Crippen LogP contribution in [0.2, 0.25) is 0 Å². The molecule has 0 fully saturated rings. The van der Waals surface area contributed by atoms with Crippen molar-refractivity contribution in [2.75, 3.05) is 13.7 Å². The summed E-state index contributed by atoms with van der Waals surface area (Å²) >= 11 is 0. The molecular formula is C26H55O3P. The second kappa shape index (κ2) is 22.3. The van der Waals surface area contributed by atoms with Crippen LogP contribution in [0.15, 0.2) is 0 Å². The number of rotatable bonds is 24. The molecule has 0 saturated heterocycles. The molecule has 0 saturated carbocycles. The maximum Gasteiger partial charge on any atom is 0.333 e. The third-order valence-electron chi connectivity index (χ3n) is 6.29. The van der Waals surface area contributed by atoms with Crippen molar-refractivity contribution in [2.45, 2.75) is 155 Å². The Morgan fingerprint density at radius 1 is 0.567 bits per heavy atom. The molecule has 0 heterocycles. The van der Waals surface area contributed by atoms with E-state index in [0.29, 0.717) is 6.61 Å². The summed E-state index contributed by atoms with van der Waals surface area (Å²) in [5, 5.41) is 0. The summed E-state index contributed by atoms with van der Waals surface area (Å²) in [5.41, 5.74) is 0.0801. The summed E-state index contributed by atoms with van der Waals surface area (Å²) in [6.45, 7) is 6.93. The Hall–Kier alpha value is 0.150. The third-order valence-corrected chi connectivity index (χ3v) is 8.83. The van der Waals surface area contributed by atoms with Gasteiger partial charge in [0.1, 0.15) is 0 Å². The highest BCUT2D eigenvalue weighted by Crippen LogP contribution is 2.55. The molecule has 0 aliphatic rings. The molecule has 4 heteroatoms. The number of hydrogen-bond donors (Lipinski definition) is 0. The van der Waals surface area contributed by atoms with Gasteiger partial charge in [0, 0.05) is 7.11 Å². The van der Waals surface area contributed by atoms with Gasteiger partial charge in [-0.15, -0.1) is 0 Å². The maximum absolute atomic E-state index is 13.2. The van der Waals surface area contributed by atoms with Gasteiger partial charge < -0.3 is 9.05 Å². The minimum absolute atomic E-state index is 0.0801. The van der Waals surface area contributed by atoms with Crippen molar-refractivity contribution in [3.05, 3.63) is 0 Å². The van der Waals surface area contributed by atoms with Crippen LogP contribution in [0, 0.1) is 0 Å². The number of unbranched alkanes of at least 4 members (excludes halogenated alkanes) is 16. The van der Waals surface area contributed by atoms with E-state index in [1.54, 1.807) is 7.11 Å². The van der Waals surface area contributed by atoms with E-state index in [2.05, 4.69) is 13.8 Å². The van der Waals surface area contributed by atoms with Crippen molar-refractivity contribution in [2.24, 2.45) is 0 Å². The molecule has 30 heavy (non-hydrogen) atoms. The Bertz CT molecular complexity index is 364. The van der Waals surface area contributed by atoms with E-state index in [1.165, 1.54) is 103 Å². The largest absolute Gasteiger partial charge is 0.333 e. The fourth-order valence-electron chi connectivity index (χ4n) is 4.33. The lowest BCUT2D eigenvalue weighted by molar-refractivity contribution is 0.230. The Balaban J connectivity index is 4.08. The Kier molecular flexibility index (Phi) is 22.5. The molecule has 0 bridgehead atoms. The topological polar surface area (TPSA) is 35.5 Å². The normalized spacial score (nSPS) is 13.8. The van der Waals surface area contributed by atoms with Crippen LogP contribution >= 0.6 is 7.60 Å². The molecule has 0 aromatic rings. The Labute approximate surface area is 190 Å². The lowest BCUT2D eigenvalue weighted by Gasteiger charge is -2.25. The summed E-state index contributed by atoms with van der Waals surface area (Å²) in [5.74, 6) is 0. The first-order valence-corrected chi connectivity index (χ1v) is 15.1. The highest BCUT2D eigenvalue weighted by Gasteiger charge is 2.33. The smallest absolute Gasteiger partial charge is 0.312 e. The molecule has 1 unspecified atom stereocenters. The van der Waals surface area contributed by atoms with Crippen LogP contribution in [0.5, 0.6) is 0 Å². The van der Waals surface area contributed by atoms with E-state index in [9.17, 15) is 4.57 Å². The maximum atomic E-state index is 13.2. The molecule has 0 spiro atoms. The van der Waals surface area contributed by atoms with Crippen LogP contribution in [0.4, 0.5) is 0 Å². The van der Waals surface area contributed by atoms with Crippen molar-refractivity contribution in [3.63, 3.8) is 0 Å². The average Bonchev–Trinajstić information content (AvgIpc) is 2.75. The van der Waals surface area contributed by atoms with Gasteiger partial charge in [-0.1, -0.05) is 129 Å². The predicted octanol–water partition coefficient (Wildman–Crippen LogP) is 10.1. The zero-order valence-corrected chi connectivity index (χ0v) is 22.0. The van der Waals surface area contributed by atoms with Gasteiger partial charge in [-0.3, -0.25) is 4.57 Å². The van der Waals surface area contributed by atoms with E-state index >= 15 is 0 Å². The highest BCUT2D eigenvalue weighted by atomic mass is 31.2. The number of hydrogen-bond acceptors (Lipinski definition) is 3. The average molecular weight is 447 g/mol. The molecule has 0 aliphatic heterocycles. The summed E-state index contributed by atoms with van der Waals surface area (Å²) in [7, 11) is -1.39. The van der Waals surface area contributed by atoms with Gasteiger partial charge >= 0.3 is 7.60 Å². The summed E-state index contributed by atoms with van der Waals surface area (Å²) in [4.78, 5) is 0.